The molecule has 0 saturated carbocycles. The lowest BCUT2D eigenvalue weighted by Crippen LogP contribution is -1.98. The number of hydrogen-bond donors (Lipinski definition) is 0. The Balaban J connectivity index is 1.35. The molecule has 2 heterocycles. The molecule has 0 spiro atoms. The molecular weight excluding hydrogens is 534 g/mol. The number of hydrogen-bond acceptors (Lipinski definition) is 2. The van der Waals surface area contributed by atoms with Crippen molar-refractivity contribution in [2.45, 2.75) is 6.92 Å². The summed E-state index contributed by atoms with van der Waals surface area (Å²) in [5.41, 5.74) is 11.1. The predicted octanol–water partition coefficient (Wildman–Crippen LogP) is 10.7. The lowest BCUT2D eigenvalue weighted by molar-refractivity contribution is 1.16. The zero-order valence-electron chi connectivity index (χ0n) is 24.2. The predicted molar refractivity (Wildman–Crippen MR) is 184 cm³/mol. The minimum Gasteiger partial charge on any atom is -0.276 e. The van der Waals surface area contributed by atoms with Gasteiger partial charge in [-0.2, -0.15) is 0 Å². The van der Waals surface area contributed by atoms with Gasteiger partial charge in [-0.25, -0.2) is 9.97 Å². The molecule has 9 rings (SSSR count). The molecule has 0 aliphatic heterocycles. The fourth-order valence-corrected chi connectivity index (χ4v) is 6.82. The van der Waals surface area contributed by atoms with Gasteiger partial charge in [-0.15, -0.1) is 0 Å². The largest absolute Gasteiger partial charge is 0.276 e. The summed E-state index contributed by atoms with van der Waals surface area (Å²) in [5, 5.41) is 6.03. The summed E-state index contributed by atoms with van der Waals surface area (Å²) in [5.74, 6) is 0.888. The molecule has 0 atom stereocenters. The molecule has 0 N–H and O–H groups in total. The highest BCUT2D eigenvalue weighted by Gasteiger charge is 2.19. The molecule has 7 aromatic carbocycles. The quantitative estimate of drug-likeness (QED) is 0.201. The Kier molecular flexibility index (Phi) is 5.41. The summed E-state index contributed by atoms with van der Waals surface area (Å²) in [6.45, 7) is 2.14. The average molecular weight is 562 g/mol. The van der Waals surface area contributed by atoms with Crippen LogP contribution in [0.1, 0.15) is 5.56 Å². The third kappa shape index (κ3) is 3.69. The van der Waals surface area contributed by atoms with Crippen molar-refractivity contribution in [3.05, 3.63) is 151 Å². The van der Waals surface area contributed by atoms with Crippen molar-refractivity contribution in [1.82, 2.24) is 14.4 Å². The third-order valence-corrected chi connectivity index (χ3v) is 8.83. The van der Waals surface area contributed by atoms with Crippen molar-refractivity contribution in [2.75, 3.05) is 0 Å². The smallest absolute Gasteiger partial charge is 0.149 e. The number of rotatable bonds is 3. The molecule has 0 bridgehead atoms. The van der Waals surface area contributed by atoms with E-state index in [9.17, 15) is 0 Å². The van der Waals surface area contributed by atoms with E-state index in [2.05, 4.69) is 145 Å². The Bertz CT molecular complexity index is 2500. The topological polar surface area (TPSA) is 30.2 Å². The number of aryl methyl sites for hydroxylation is 1. The van der Waals surface area contributed by atoms with Crippen LogP contribution in [-0.4, -0.2) is 14.4 Å². The highest BCUT2D eigenvalue weighted by atomic mass is 15.1. The number of benzene rings is 7. The number of nitrogens with zero attached hydrogens (tertiary/aromatic N) is 3. The van der Waals surface area contributed by atoms with Gasteiger partial charge in [-0.05, 0) is 81.1 Å². The van der Waals surface area contributed by atoms with Crippen LogP contribution in [0.5, 0.6) is 0 Å². The average Bonchev–Trinajstić information content (AvgIpc) is 3.47. The maximum absolute atomic E-state index is 5.24. The van der Waals surface area contributed by atoms with E-state index < -0.39 is 0 Å². The zero-order valence-corrected chi connectivity index (χ0v) is 24.2. The lowest BCUT2D eigenvalue weighted by Gasteiger charge is -2.18. The molecule has 0 amide bonds. The maximum Gasteiger partial charge on any atom is 0.149 e. The molecule has 3 nitrogen and oxygen atoms in total. The van der Waals surface area contributed by atoms with Crippen molar-refractivity contribution in [3.8, 4) is 33.6 Å². The molecular formula is C41H27N3. The van der Waals surface area contributed by atoms with Crippen LogP contribution in [-0.2, 0) is 0 Å². The van der Waals surface area contributed by atoms with Gasteiger partial charge in [0.05, 0.1) is 16.6 Å². The number of para-hydroxylation sites is 3. The van der Waals surface area contributed by atoms with E-state index in [1.807, 2.05) is 12.1 Å². The standard InChI is InChI=1S/C41H27N3/c1-26-21-23-27(24-22-26)38-30-13-2-4-15-32(30)39(33-16-5-3-14-31(33)38)28-11-10-12-29(25-28)40-42-35-18-7-6-17-34(35)41-43-36-19-8-9-20-37(36)44(40)41/h2-25H,1H3. The second kappa shape index (κ2) is 9.62. The van der Waals surface area contributed by atoms with E-state index in [0.717, 1.165) is 44.5 Å². The summed E-state index contributed by atoms with van der Waals surface area (Å²) >= 11 is 0. The van der Waals surface area contributed by atoms with Gasteiger partial charge in [-0.1, -0.05) is 121 Å². The van der Waals surface area contributed by atoms with Gasteiger partial charge in [0.25, 0.3) is 0 Å². The molecule has 0 fully saturated rings. The van der Waals surface area contributed by atoms with Gasteiger partial charge < -0.3 is 0 Å². The number of fused-ring (bicyclic) bond motifs is 7. The van der Waals surface area contributed by atoms with Crippen molar-refractivity contribution in [1.29, 1.82) is 0 Å². The Morgan fingerprint density at radius 3 is 1.66 bits per heavy atom. The van der Waals surface area contributed by atoms with Gasteiger partial charge in [0.2, 0.25) is 0 Å². The molecule has 206 valence electrons. The van der Waals surface area contributed by atoms with Crippen molar-refractivity contribution in [3.63, 3.8) is 0 Å². The van der Waals surface area contributed by atoms with E-state index in [0.29, 0.717) is 0 Å². The minimum atomic E-state index is 0.888. The van der Waals surface area contributed by atoms with Crippen LogP contribution in [0.3, 0.4) is 0 Å². The Hall–Kier alpha value is -5.80. The minimum absolute atomic E-state index is 0.888. The number of aromatic nitrogens is 3. The Morgan fingerprint density at radius 1 is 0.432 bits per heavy atom. The lowest BCUT2D eigenvalue weighted by atomic mass is 9.85. The summed E-state index contributed by atoms with van der Waals surface area (Å²) in [7, 11) is 0. The van der Waals surface area contributed by atoms with E-state index in [1.54, 1.807) is 0 Å². The van der Waals surface area contributed by atoms with Crippen LogP contribution in [0.15, 0.2) is 146 Å². The summed E-state index contributed by atoms with van der Waals surface area (Å²) < 4.78 is 2.22. The first kappa shape index (κ1) is 24.8. The van der Waals surface area contributed by atoms with Crippen LogP contribution in [0.2, 0.25) is 0 Å². The van der Waals surface area contributed by atoms with Crippen molar-refractivity contribution < 1.29 is 0 Å². The third-order valence-electron chi connectivity index (χ3n) is 8.83. The molecule has 3 heteroatoms. The van der Waals surface area contributed by atoms with Gasteiger partial charge in [0.1, 0.15) is 11.5 Å². The van der Waals surface area contributed by atoms with E-state index in [4.69, 9.17) is 9.97 Å². The second-order valence-corrected chi connectivity index (χ2v) is 11.5. The van der Waals surface area contributed by atoms with Crippen LogP contribution >= 0.6 is 0 Å². The van der Waals surface area contributed by atoms with Gasteiger partial charge in [0.15, 0.2) is 0 Å². The van der Waals surface area contributed by atoms with Crippen molar-refractivity contribution >= 4 is 49.1 Å². The fourth-order valence-electron chi connectivity index (χ4n) is 6.82. The molecule has 0 unspecified atom stereocenters. The normalized spacial score (nSPS) is 11.8. The van der Waals surface area contributed by atoms with E-state index in [-0.39, 0.29) is 0 Å². The van der Waals surface area contributed by atoms with Crippen LogP contribution in [0.25, 0.3) is 82.8 Å². The van der Waals surface area contributed by atoms with Crippen LogP contribution in [0.4, 0.5) is 0 Å². The van der Waals surface area contributed by atoms with Crippen molar-refractivity contribution in [2.24, 2.45) is 0 Å². The highest BCUT2D eigenvalue weighted by Crippen LogP contribution is 2.44. The Labute approximate surface area is 254 Å². The maximum atomic E-state index is 5.24. The zero-order chi connectivity index (χ0) is 29.2. The molecule has 0 aliphatic carbocycles. The number of imidazole rings is 1. The summed E-state index contributed by atoms with van der Waals surface area (Å²) in [6.07, 6.45) is 0. The summed E-state index contributed by atoms with van der Waals surface area (Å²) in [4.78, 5) is 10.3. The Morgan fingerprint density at radius 2 is 0.977 bits per heavy atom. The first-order valence-electron chi connectivity index (χ1n) is 15.0. The fraction of sp³-hybridized carbons (Fsp3) is 0.0244. The first-order valence-corrected chi connectivity index (χ1v) is 15.0. The van der Waals surface area contributed by atoms with Gasteiger partial charge >= 0.3 is 0 Å². The first-order chi connectivity index (χ1) is 21.7. The molecule has 0 radical (unpaired) electrons. The molecule has 0 saturated heterocycles. The van der Waals surface area contributed by atoms with Crippen LogP contribution < -0.4 is 0 Å². The van der Waals surface area contributed by atoms with Crippen LogP contribution in [0, 0.1) is 6.92 Å². The van der Waals surface area contributed by atoms with E-state index in [1.165, 1.54) is 43.8 Å². The van der Waals surface area contributed by atoms with Gasteiger partial charge in [-0.3, -0.25) is 4.40 Å². The SMILES string of the molecule is Cc1ccc(-c2c3ccccc3c(-c3cccc(-c4nc5ccccc5c5nc6ccccc6n45)c3)c3ccccc23)cc1. The highest BCUT2D eigenvalue weighted by molar-refractivity contribution is 6.21. The molecule has 9 aromatic rings. The molecule has 2 aromatic heterocycles. The monoisotopic (exact) mass is 561 g/mol. The van der Waals surface area contributed by atoms with E-state index >= 15 is 0 Å². The second-order valence-electron chi connectivity index (χ2n) is 11.5. The summed E-state index contributed by atoms with van der Waals surface area (Å²) in [6, 6.07) is 52.0. The molecule has 44 heavy (non-hydrogen) atoms. The van der Waals surface area contributed by atoms with Gasteiger partial charge in [0, 0.05) is 10.9 Å². The molecule has 0 aliphatic rings.